The molecule has 1 saturated heterocycles. The summed E-state index contributed by atoms with van der Waals surface area (Å²) in [6.07, 6.45) is 5.09. The van der Waals surface area contributed by atoms with Crippen LogP contribution in [0.3, 0.4) is 0 Å². The Morgan fingerprint density at radius 2 is 2.20 bits per heavy atom. The summed E-state index contributed by atoms with van der Waals surface area (Å²) < 4.78 is 0. The predicted octanol–water partition coefficient (Wildman–Crippen LogP) is 3.28. The van der Waals surface area contributed by atoms with Crippen molar-refractivity contribution in [3.05, 3.63) is 30.3 Å². The highest BCUT2D eigenvalue weighted by Gasteiger charge is 2.16. The first-order valence-electron chi connectivity index (χ1n) is 7.46. The van der Waals surface area contributed by atoms with Crippen LogP contribution in [-0.4, -0.2) is 29.5 Å². The van der Waals surface area contributed by atoms with E-state index in [1.807, 2.05) is 37.3 Å². The lowest BCUT2D eigenvalue weighted by molar-refractivity contribution is -0.115. The van der Waals surface area contributed by atoms with Gasteiger partial charge in [0.1, 0.15) is 0 Å². The summed E-state index contributed by atoms with van der Waals surface area (Å²) in [4.78, 5) is 12.0. The molecule has 2 N–H and O–H groups in total. The predicted molar refractivity (Wildman–Crippen MR) is 87.3 cm³/mol. The van der Waals surface area contributed by atoms with Crippen LogP contribution in [0.1, 0.15) is 32.6 Å². The number of anilines is 1. The van der Waals surface area contributed by atoms with Gasteiger partial charge in [-0.15, -0.1) is 11.8 Å². The van der Waals surface area contributed by atoms with Gasteiger partial charge in [-0.05, 0) is 50.6 Å². The van der Waals surface area contributed by atoms with Crippen molar-refractivity contribution >= 4 is 23.4 Å². The SMILES string of the molecule is CC(SCCC1CCCCN1)C(=O)Nc1ccccc1. The van der Waals surface area contributed by atoms with Crippen molar-refractivity contribution in [3.8, 4) is 0 Å². The molecule has 1 aromatic rings. The fourth-order valence-electron chi connectivity index (χ4n) is 2.40. The van der Waals surface area contributed by atoms with Crippen LogP contribution in [0, 0.1) is 0 Å². The summed E-state index contributed by atoms with van der Waals surface area (Å²) >= 11 is 1.75. The summed E-state index contributed by atoms with van der Waals surface area (Å²) in [5, 5.41) is 6.50. The van der Waals surface area contributed by atoms with Crippen LogP contribution in [-0.2, 0) is 4.79 Å². The van der Waals surface area contributed by atoms with Crippen molar-refractivity contribution in [2.24, 2.45) is 0 Å². The molecular weight excluding hydrogens is 268 g/mol. The largest absolute Gasteiger partial charge is 0.325 e. The zero-order chi connectivity index (χ0) is 14.2. The first-order chi connectivity index (χ1) is 9.75. The molecule has 1 amide bonds. The van der Waals surface area contributed by atoms with E-state index in [0.29, 0.717) is 6.04 Å². The first kappa shape index (κ1) is 15.4. The van der Waals surface area contributed by atoms with Crippen molar-refractivity contribution < 1.29 is 4.79 Å². The molecule has 1 fully saturated rings. The van der Waals surface area contributed by atoms with Gasteiger partial charge in [-0.1, -0.05) is 24.6 Å². The number of nitrogens with one attached hydrogen (secondary N) is 2. The standard InChI is InChI=1S/C16H24N2OS/c1-13(16(19)18-15-8-3-2-4-9-15)20-12-10-14-7-5-6-11-17-14/h2-4,8-9,13-14,17H,5-7,10-12H2,1H3,(H,18,19). The molecule has 0 spiro atoms. The van der Waals surface area contributed by atoms with E-state index in [1.54, 1.807) is 11.8 Å². The van der Waals surface area contributed by atoms with Gasteiger partial charge < -0.3 is 10.6 Å². The van der Waals surface area contributed by atoms with Gasteiger partial charge in [-0.3, -0.25) is 4.79 Å². The van der Waals surface area contributed by atoms with E-state index in [0.717, 1.165) is 24.4 Å². The molecule has 2 rings (SSSR count). The summed E-state index contributed by atoms with van der Waals surface area (Å²) in [5.74, 6) is 1.14. The van der Waals surface area contributed by atoms with Gasteiger partial charge in [0, 0.05) is 11.7 Å². The van der Waals surface area contributed by atoms with Crippen LogP contribution >= 0.6 is 11.8 Å². The number of piperidine rings is 1. The van der Waals surface area contributed by atoms with Crippen molar-refractivity contribution in [3.63, 3.8) is 0 Å². The Bertz CT molecular complexity index is 404. The van der Waals surface area contributed by atoms with Gasteiger partial charge >= 0.3 is 0 Å². The minimum absolute atomic E-state index is 0.00111. The summed E-state index contributed by atoms with van der Waals surface area (Å²) in [7, 11) is 0. The Labute approximate surface area is 125 Å². The van der Waals surface area contributed by atoms with E-state index in [2.05, 4.69) is 10.6 Å². The number of rotatable bonds is 6. The molecular formula is C16H24N2OS. The third-order valence-corrected chi connectivity index (χ3v) is 4.84. The number of amides is 1. The van der Waals surface area contributed by atoms with Crippen LogP contribution in [0.4, 0.5) is 5.69 Å². The lowest BCUT2D eigenvalue weighted by Crippen LogP contribution is -2.34. The molecule has 1 aliphatic rings. The van der Waals surface area contributed by atoms with Gasteiger partial charge in [0.15, 0.2) is 0 Å². The normalized spacial score (nSPS) is 20.4. The molecule has 0 aliphatic carbocycles. The lowest BCUT2D eigenvalue weighted by Gasteiger charge is -2.23. The highest BCUT2D eigenvalue weighted by molar-refractivity contribution is 8.00. The van der Waals surface area contributed by atoms with Gasteiger partial charge in [0.05, 0.1) is 5.25 Å². The molecule has 1 heterocycles. The molecule has 20 heavy (non-hydrogen) atoms. The molecule has 4 heteroatoms. The Morgan fingerprint density at radius 3 is 2.90 bits per heavy atom. The molecule has 2 unspecified atom stereocenters. The molecule has 0 saturated carbocycles. The summed E-state index contributed by atoms with van der Waals surface area (Å²) in [6, 6.07) is 10.3. The quantitative estimate of drug-likeness (QED) is 0.845. The zero-order valence-electron chi connectivity index (χ0n) is 12.1. The molecule has 0 bridgehead atoms. The van der Waals surface area contributed by atoms with Crippen LogP contribution in [0.25, 0.3) is 0 Å². The zero-order valence-corrected chi connectivity index (χ0v) is 12.9. The maximum atomic E-state index is 12.0. The maximum Gasteiger partial charge on any atom is 0.237 e. The van der Waals surface area contributed by atoms with E-state index in [4.69, 9.17) is 0 Å². The number of hydrogen-bond acceptors (Lipinski definition) is 3. The lowest BCUT2D eigenvalue weighted by atomic mass is 10.0. The monoisotopic (exact) mass is 292 g/mol. The summed E-state index contributed by atoms with van der Waals surface area (Å²) in [5.41, 5.74) is 0.874. The minimum atomic E-state index is -0.00111. The van der Waals surface area contributed by atoms with E-state index >= 15 is 0 Å². The molecule has 2 atom stereocenters. The highest BCUT2D eigenvalue weighted by atomic mass is 32.2. The number of para-hydroxylation sites is 1. The smallest absolute Gasteiger partial charge is 0.237 e. The average Bonchev–Trinajstić information content (AvgIpc) is 2.49. The van der Waals surface area contributed by atoms with Gasteiger partial charge in [-0.2, -0.15) is 0 Å². The van der Waals surface area contributed by atoms with Crippen molar-refractivity contribution in [1.82, 2.24) is 5.32 Å². The number of hydrogen-bond donors (Lipinski definition) is 2. The van der Waals surface area contributed by atoms with Gasteiger partial charge in [0.25, 0.3) is 0 Å². The number of carbonyl (C=O) groups excluding carboxylic acids is 1. The second-order valence-electron chi connectivity index (χ2n) is 5.30. The Morgan fingerprint density at radius 1 is 1.40 bits per heavy atom. The first-order valence-corrected chi connectivity index (χ1v) is 8.51. The fourth-order valence-corrected chi connectivity index (χ4v) is 3.38. The Kier molecular flexibility index (Phi) is 6.40. The van der Waals surface area contributed by atoms with Crippen LogP contribution in [0.2, 0.25) is 0 Å². The molecule has 0 radical (unpaired) electrons. The van der Waals surface area contributed by atoms with E-state index in [9.17, 15) is 4.79 Å². The van der Waals surface area contributed by atoms with Crippen LogP contribution in [0.15, 0.2) is 30.3 Å². The molecule has 1 aromatic carbocycles. The Hall–Kier alpha value is -1.00. The van der Waals surface area contributed by atoms with Gasteiger partial charge in [0.2, 0.25) is 5.91 Å². The second-order valence-corrected chi connectivity index (χ2v) is 6.75. The Balaban J connectivity index is 1.66. The van der Waals surface area contributed by atoms with E-state index < -0.39 is 0 Å². The molecule has 110 valence electrons. The van der Waals surface area contributed by atoms with E-state index in [1.165, 1.54) is 19.3 Å². The van der Waals surface area contributed by atoms with Crippen molar-refractivity contribution in [2.75, 3.05) is 17.6 Å². The van der Waals surface area contributed by atoms with Crippen LogP contribution < -0.4 is 10.6 Å². The third-order valence-electron chi connectivity index (χ3n) is 3.66. The number of thioether (sulfide) groups is 1. The topological polar surface area (TPSA) is 41.1 Å². The molecule has 3 nitrogen and oxygen atoms in total. The van der Waals surface area contributed by atoms with E-state index in [-0.39, 0.29) is 11.2 Å². The maximum absolute atomic E-state index is 12.0. The van der Waals surface area contributed by atoms with Crippen LogP contribution in [0.5, 0.6) is 0 Å². The van der Waals surface area contributed by atoms with Crippen molar-refractivity contribution in [1.29, 1.82) is 0 Å². The average molecular weight is 292 g/mol. The number of carbonyl (C=O) groups is 1. The van der Waals surface area contributed by atoms with Crippen molar-refractivity contribution in [2.45, 2.75) is 43.9 Å². The fraction of sp³-hybridized carbons (Fsp3) is 0.562. The second kappa shape index (κ2) is 8.32. The van der Waals surface area contributed by atoms with Gasteiger partial charge in [-0.25, -0.2) is 0 Å². The highest BCUT2D eigenvalue weighted by Crippen LogP contribution is 2.18. The third kappa shape index (κ3) is 5.17. The minimum Gasteiger partial charge on any atom is -0.325 e. The summed E-state index contributed by atoms with van der Waals surface area (Å²) in [6.45, 7) is 3.14. The molecule has 0 aromatic heterocycles. The molecule has 1 aliphatic heterocycles. The number of benzene rings is 1.